The highest BCUT2D eigenvalue weighted by Crippen LogP contribution is 2.62. The number of hydrogen-bond acceptors (Lipinski definition) is 2. The smallest absolute Gasteiger partial charge is 0.0701 e. The molecule has 4 fully saturated rings. The van der Waals surface area contributed by atoms with Crippen LogP contribution in [0.15, 0.2) is 15.9 Å². The van der Waals surface area contributed by atoms with Crippen molar-refractivity contribution < 1.29 is 0 Å². The van der Waals surface area contributed by atoms with Gasteiger partial charge in [0.1, 0.15) is 0 Å². The Hall–Kier alpha value is 0.140. The molecule has 21 heavy (non-hydrogen) atoms. The fraction of sp³-hybridized carbons (Fsp3) is 0.778. The normalized spacial score (nSPS) is 38.9. The first-order valence-electron chi connectivity index (χ1n) is 8.64. The third kappa shape index (κ3) is 2.86. The van der Waals surface area contributed by atoms with Crippen LogP contribution in [0.2, 0.25) is 0 Å². The third-order valence-corrected chi connectivity index (χ3v) is 7.93. The SMILES string of the molecule is CCNC(CC12CC3CC(CC(C3)C1)C2)c1ccc(Br)s1. The highest BCUT2D eigenvalue weighted by Gasteiger charge is 2.51. The molecule has 3 heteroatoms. The quantitative estimate of drug-likeness (QED) is 0.696. The molecule has 1 heterocycles. The number of rotatable bonds is 5. The molecule has 4 bridgehead atoms. The van der Waals surface area contributed by atoms with Crippen LogP contribution in [0.25, 0.3) is 0 Å². The van der Waals surface area contributed by atoms with Gasteiger partial charge in [-0.1, -0.05) is 6.92 Å². The molecule has 4 aliphatic rings. The van der Waals surface area contributed by atoms with Gasteiger partial charge >= 0.3 is 0 Å². The predicted octanol–water partition coefficient (Wildman–Crippen LogP) is 5.77. The molecule has 4 saturated carbocycles. The molecular weight excluding hydrogens is 342 g/mol. The van der Waals surface area contributed by atoms with Crippen molar-refractivity contribution in [2.45, 2.75) is 57.9 Å². The molecule has 0 aliphatic heterocycles. The van der Waals surface area contributed by atoms with Crippen molar-refractivity contribution in [3.8, 4) is 0 Å². The molecule has 1 nitrogen and oxygen atoms in total. The average Bonchev–Trinajstić information content (AvgIpc) is 2.83. The van der Waals surface area contributed by atoms with Crippen molar-refractivity contribution in [2.24, 2.45) is 23.2 Å². The summed E-state index contributed by atoms with van der Waals surface area (Å²) in [4.78, 5) is 1.53. The second kappa shape index (κ2) is 5.65. The second-order valence-corrected chi connectivity index (χ2v) is 10.4. The van der Waals surface area contributed by atoms with Gasteiger partial charge in [-0.25, -0.2) is 0 Å². The first-order chi connectivity index (χ1) is 10.2. The molecule has 1 aromatic rings. The summed E-state index contributed by atoms with van der Waals surface area (Å²) in [6.07, 6.45) is 10.6. The van der Waals surface area contributed by atoms with E-state index in [9.17, 15) is 0 Å². The van der Waals surface area contributed by atoms with E-state index in [0.717, 1.165) is 24.3 Å². The lowest BCUT2D eigenvalue weighted by molar-refractivity contribution is -0.0620. The second-order valence-electron chi connectivity index (χ2n) is 7.87. The highest BCUT2D eigenvalue weighted by molar-refractivity contribution is 9.11. The lowest BCUT2D eigenvalue weighted by Crippen LogP contribution is -2.47. The summed E-state index contributed by atoms with van der Waals surface area (Å²) >= 11 is 5.55. The molecule has 0 saturated heterocycles. The molecule has 5 rings (SSSR count). The summed E-state index contributed by atoms with van der Waals surface area (Å²) in [7, 11) is 0. The Morgan fingerprint density at radius 1 is 1.19 bits per heavy atom. The fourth-order valence-electron chi connectivity index (χ4n) is 6.01. The van der Waals surface area contributed by atoms with E-state index in [-0.39, 0.29) is 0 Å². The standard InChI is InChI=1S/C18H26BrNS/c1-2-20-15(16-3-4-17(19)21-16)11-18-8-12-5-13(9-18)7-14(6-12)10-18/h3-4,12-15,20H,2,5-11H2,1H3. The lowest BCUT2D eigenvalue weighted by atomic mass is 9.48. The molecule has 116 valence electrons. The van der Waals surface area contributed by atoms with Crippen LogP contribution in [-0.4, -0.2) is 6.54 Å². The first-order valence-corrected chi connectivity index (χ1v) is 10.3. The maximum Gasteiger partial charge on any atom is 0.0701 e. The van der Waals surface area contributed by atoms with E-state index in [0.29, 0.717) is 11.5 Å². The first kappa shape index (κ1) is 14.7. The molecule has 4 aliphatic carbocycles. The average molecular weight is 368 g/mol. The van der Waals surface area contributed by atoms with E-state index >= 15 is 0 Å². The van der Waals surface area contributed by atoms with Gasteiger partial charge in [0.25, 0.3) is 0 Å². The maximum absolute atomic E-state index is 3.78. The van der Waals surface area contributed by atoms with Crippen molar-refractivity contribution in [3.05, 3.63) is 20.8 Å². The topological polar surface area (TPSA) is 12.0 Å². The number of hydrogen-bond donors (Lipinski definition) is 1. The van der Waals surface area contributed by atoms with Crippen LogP contribution in [-0.2, 0) is 0 Å². The van der Waals surface area contributed by atoms with Crippen LogP contribution in [0.3, 0.4) is 0 Å². The summed E-state index contributed by atoms with van der Waals surface area (Å²) in [6.45, 7) is 3.32. The monoisotopic (exact) mass is 367 g/mol. The summed E-state index contributed by atoms with van der Waals surface area (Å²) in [5.41, 5.74) is 0.665. The summed E-state index contributed by atoms with van der Waals surface area (Å²) in [5, 5.41) is 3.78. The van der Waals surface area contributed by atoms with E-state index in [1.54, 1.807) is 19.3 Å². The number of thiophene rings is 1. The van der Waals surface area contributed by atoms with Crippen molar-refractivity contribution in [1.29, 1.82) is 0 Å². The minimum atomic E-state index is 0.572. The Balaban J connectivity index is 1.55. The van der Waals surface area contributed by atoms with Crippen LogP contribution in [0.5, 0.6) is 0 Å². The van der Waals surface area contributed by atoms with E-state index in [4.69, 9.17) is 0 Å². The van der Waals surface area contributed by atoms with Gasteiger partial charge < -0.3 is 5.32 Å². The van der Waals surface area contributed by atoms with Crippen LogP contribution in [0, 0.1) is 23.2 Å². The number of halogens is 1. The Kier molecular flexibility index (Phi) is 3.96. The van der Waals surface area contributed by atoms with E-state index < -0.39 is 0 Å². The van der Waals surface area contributed by atoms with Gasteiger partial charge in [-0.2, -0.15) is 0 Å². The Morgan fingerprint density at radius 3 is 2.29 bits per heavy atom. The zero-order valence-electron chi connectivity index (χ0n) is 12.9. The Morgan fingerprint density at radius 2 is 1.81 bits per heavy atom. The van der Waals surface area contributed by atoms with Gasteiger partial charge in [0.05, 0.1) is 3.79 Å². The van der Waals surface area contributed by atoms with Crippen LogP contribution >= 0.6 is 27.3 Å². The van der Waals surface area contributed by atoms with E-state index in [1.807, 2.05) is 11.3 Å². The van der Waals surface area contributed by atoms with Crippen molar-refractivity contribution >= 4 is 27.3 Å². The van der Waals surface area contributed by atoms with Crippen LogP contribution in [0.4, 0.5) is 0 Å². The van der Waals surface area contributed by atoms with Gasteiger partial charge in [0, 0.05) is 10.9 Å². The van der Waals surface area contributed by atoms with Gasteiger partial charge in [0.2, 0.25) is 0 Å². The predicted molar refractivity (Wildman–Crippen MR) is 93.7 cm³/mol. The molecule has 1 aromatic heterocycles. The molecule has 0 spiro atoms. The van der Waals surface area contributed by atoms with E-state index in [2.05, 4.69) is 40.3 Å². The maximum atomic E-state index is 3.78. The van der Waals surface area contributed by atoms with Crippen molar-refractivity contribution in [3.63, 3.8) is 0 Å². The summed E-state index contributed by atoms with van der Waals surface area (Å²) in [5.74, 6) is 3.19. The Labute approximate surface area is 141 Å². The third-order valence-electron chi connectivity index (χ3n) is 6.19. The van der Waals surface area contributed by atoms with Crippen LogP contribution in [0.1, 0.15) is 62.8 Å². The zero-order chi connectivity index (χ0) is 14.4. The van der Waals surface area contributed by atoms with Crippen LogP contribution < -0.4 is 5.32 Å². The van der Waals surface area contributed by atoms with Crippen molar-refractivity contribution in [1.82, 2.24) is 5.32 Å². The summed E-state index contributed by atoms with van der Waals surface area (Å²) < 4.78 is 1.27. The molecule has 1 unspecified atom stereocenters. The lowest BCUT2D eigenvalue weighted by Gasteiger charge is -2.57. The van der Waals surface area contributed by atoms with Crippen molar-refractivity contribution in [2.75, 3.05) is 6.54 Å². The van der Waals surface area contributed by atoms with Gasteiger partial charge in [-0.3, -0.25) is 0 Å². The van der Waals surface area contributed by atoms with Gasteiger partial charge in [-0.15, -0.1) is 11.3 Å². The molecule has 1 atom stereocenters. The minimum absolute atomic E-state index is 0.572. The highest BCUT2D eigenvalue weighted by atomic mass is 79.9. The molecular formula is C18H26BrNS. The number of nitrogens with one attached hydrogen (secondary N) is 1. The molecule has 0 radical (unpaired) electrons. The van der Waals surface area contributed by atoms with Gasteiger partial charge in [0.15, 0.2) is 0 Å². The zero-order valence-corrected chi connectivity index (χ0v) is 15.3. The molecule has 0 aromatic carbocycles. The van der Waals surface area contributed by atoms with Gasteiger partial charge in [-0.05, 0) is 103 Å². The summed E-state index contributed by atoms with van der Waals surface area (Å²) in [6, 6.07) is 5.11. The fourth-order valence-corrected chi connectivity index (χ4v) is 7.51. The molecule has 0 amide bonds. The van der Waals surface area contributed by atoms with E-state index in [1.165, 1.54) is 34.3 Å². The Bertz CT molecular complexity index is 474. The minimum Gasteiger partial charge on any atom is -0.310 e. The largest absolute Gasteiger partial charge is 0.310 e. The molecule has 1 N–H and O–H groups in total.